The van der Waals surface area contributed by atoms with Crippen molar-refractivity contribution in [2.75, 3.05) is 13.7 Å². The third-order valence-electron chi connectivity index (χ3n) is 5.03. The first-order valence-corrected chi connectivity index (χ1v) is 9.22. The van der Waals surface area contributed by atoms with E-state index in [4.69, 9.17) is 14.2 Å². The SMILES string of the molecule is COC1CCOC(OCc2ccccc2)(c2ccc(-n3ccnc3)cc2)C1. The smallest absolute Gasteiger partial charge is 0.197 e. The summed E-state index contributed by atoms with van der Waals surface area (Å²) < 4.78 is 20.2. The number of rotatable bonds is 6. The van der Waals surface area contributed by atoms with Crippen LogP contribution in [-0.4, -0.2) is 29.4 Å². The first kappa shape index (κ1) is 17.9. The van der Waals surface area contributed by atoms with Crippen molar-refractivity contribution in [2.24, 2.45) is 0 Å². The Morgan fingerprint density at radius 2 is 1.96 bits per heavy atom. The van der Waals surface area contributed by atoms with Crippen LogP contribution in [0.2, 0.25) is 0 Å². The molecule has 5 heteroatoms. The van der Waals surface area contributed by atoms with Gasteiger partial charge in [0.05, 0.1) is 25.6 Å². The van der Waals surface area contributed by atoms with Crippen LogP contribution in [-0.2, 0) is 26.6 Å². The normalized spacial score (nSPS) is 22.6. The summed E-state index contributed by atoms with van der Waals surface area (Å²) >= 11 is 0. The number of aromatic nitrogens is 2. The second-order valence-electron chi connectivity index (χ2n) is 6.74. The molecule has 2 atom stereocenters. The standard InChI is InChI=1S/C22H24N2O3/c1-25-21-11-14-26-22(15-21,27-16-18-5-3-2-4-6-18)19-7-9-20(10-8-19)24-13-12-23-17-24/h2-10,12-13,17,21H,11,14-16H2,1H3. The van der Waals surface area contributed by atoms with E-state index in [0.717, 1.165) is 23.2 Å². The maximum absolute atomic E-state index is 6.38. The van der Waals surface area contributed by atoms with Gasteiger partial charge in [-0.1, -0.05) is 42.5 Å². The minimum absolute atomic E-state index is 0.114. The van der Waals surface area contributed by atoms with Gasteiger partial charge in [0.1, 0.15) is 0 Å². The van der Waals surface area contributed by atoms with E-state index in [0.29, 0.717) is 19.6 Å². The molecule has 1 aliphatic rings. The monoisotopic (exact) mass is 364 g/mol. The summed E-state index contributed by atoms with van der Waals surface area (Å²) in [5.74, 6) is -0.803. The molecular formula is C22H24N2O3. The highest BCUT2D eigenvalue weighted by Crippen LogP contribution is 2.38. The van der Waals surface area contributed by atoms with Crippen LogP contribution in [0.25, 0.3) is 5.69 Å². The van der Waals surface area contributed by atoms with Crippen LogP contribution in [0.4, 0.5) is 0 Å². The van der Waals surface area contributed by atoms with Gasteiger partial charge >= 0.3 is 0 Å². The molecule has 0 N–H and O–H groups in total. The average molecular weight is 364 g/mol. The van der Waals surface area contributed by atoms with Crippen LogP contribution < -0.4 is 0 Å². The largest absolute Gasteiger partial charge is 0.381 e. The van der Waals surface area contributed by atoms with Crippen molar-refractivity contribution < 1.29 is 14.2 Å². The molecule has 0 amide bonds. The lowest BCUT2D eigenvalue weighted by atomic mass is 9.94. The molecule has 2 aromatic carbocycles. The highest BCUT2D eigenvalue weighted by molar-refractivity contribution is 5.36. The Bertz CT molecular complexity index is 834. The number of benzene rings is 2. The second kappa shape index (κ2) is 8.05. The van der Waals surface area contributed by atoms with Crippen molar-refractivity contribution in [2.45, 2.75) is 31.3 Å². The van der Waals surface area contributed by atoms with Crippen molar-refractivity contribution >= 4 is 0 Å². The number of methoxy groups -OCH3 is 1. The molecule has 0 radical (unpaired) electrons. The van der Waals surface area contributed by atoms with Gasteiger partial charge in [-0.15, -0.1) is 0 Å². The van der Waals surface area contributed by atoms with Gasteiger partial charge in [-0.3, -0.25) is 0 Å². The molecule has 2 unspecified atom stereocenters. The molecule has 0 bridgehead atoms. The Morgan fingerprint density at radius 3 is 2.67 bits per heavy atom. The Labute approximate surface area is 159 Å². The fraction of sp³-hybridized carbons (Fsp3) is 0.318. The average Bonchev–Trinajstić information content (AvgIpc) is 3.28. The predicted molar refractivity (Wildman–Crippen MR) is 102 cm³/mol. The molecule has 1 aromatic heterocycles. The highest BCUT2D eigenvalue weighted by atomic mass is 16.7. The molecule has 1 saturated heterocycles. The summed E-state index contributed by atoms with van der Waals surface area (Å²) in [7, 11) is 1.75. The quantitative estimate of drug-likeness (QED) is 0.661. The highest BCUT2D eigenvalue weighted by Gasteiger charge is 2.40. The third kappa shape index (κ3) is 3.95. The van der Waals surface area contributed by atoms with Gasteiger partial charge in [-0.2, -0.15) is 0 Å². The summed E-state index contributed by atoms with van der Waals surface area (Å²) in [5.41, 5.74) is 3.17. The second-order valence-corrected chi connectivity index (χ2v) is 6.74. The minimum atomic E-state index is -0.803. The van der Waals surface area contributed by atoms with E-state index in [1.165, 1.54) is 0 Å². The van der Waals surface area contributed by atoms with Crippen molar-refractivity contribution in [3.05, 3.63) is 84.4 Å². The van der Waals surface area contributed by atoms with Crippen LogP contribution in [0.1, 0.15) is 24.0 Å². The Morgan fingerprint density at radius 1 is 1.15 bits per heavy atom. The molecule has 1 fully saturated rings. The minimum Gasteiger partial charge on any atom is -0.381 e. The fourth-order valence-electron chi connectivity index (χ4n) is 3.48. The summed E-state index contributed by atoms with van der Waals surface area (Å²) in [6, 6.07) is 18.4. The van der Waals surface area contributed by atoms with Gasteiger partial charge < -0.3 is 18.8 Å². The van der Waals surface area contributed by atoms with Crippen LogP contribution in [0.5, 0.6) is 0 Å². The van der Waals surface area contributed by atoms with Crippen LogP contribution in [0.15, 0.2) is 73.3 Å². The maximum atomic E-state index is 6.38. The van der Waals surface area contributed by atoms with E-state index >= 15 is 0 Å². The Kier molecular flexibility index (Phi) is 5.34. The van der Waals surface area contributed by atoms with Crippen molar-refractivity contribution in [1.82, 2.24) is 9.55 Å². The van der Waals surface area contributed by atoms with Gasteiger partial charge in [0.2, 0.25) is 0 Å². The zero-order valence-corrected chi connectivity index (χ0v) is 15.5. The summed E-state index contributed by atoms with van der Waals surface area (Å²) in [6.45, 7) is 1.09. The first-order valence-electron chi connectivity index (χ1n) is 9.22. The van der Waals surface area contributed by atoms with Crippen molar-refractivity contribution in [1.29, 1.82) is 0 Å². The molecular weight excluding hydrogens is 340 g/mol. The zero-order chi connectivity index (χ0) is 18.5. The number of hydrogen-bond donors (Lipinski definition) is 0. The lowest BCUT2D eigenvalue weighted by Gasteiger charge is -2.40. The van der Waals surface area contributed by atoms with Gasteiger partial charge in [0, 0.05) is 37.2 Å². The van der Waals surface area contributed by atoms with Gasteiger partial charge in [0.25, 0.3) is 0 Å². The van der Waals surface area contributed by atoms with Crippen LogP contribution in [0.3, 0.4) is 0 Å². The molecule has 4 rings (SSSR count). The van der Waals surface area contributed by atoms with E-state index < -0.39 is 5.79 Å². The number of ether oxygens (including phenoxy) is 3. The van der Waals surface area contributed by atoms with E-state index in [-0.39, 0.29) is 6.10 Å². The summed E-state index contributed by atoms with van der Waals surface area (Å²) in [6.07, 6.45) is 7.14. The molecule has 0 aliphatic carbocycles. The van der Waals surface area contributed by atoms with Gasteiger partial charge in [-0.25, -0.2) is 4.98 Å². The van der Waals surface area contributed by atoms with E-state index in [9.17, 15) is 0 Å². The Hall–Kier alpha value is -2.47. The molecule has 0 spiro atoms. The van der Waals surface area contributed by atoms with E-state index in [1.807, 2.05) is 29.0 Å². The molecule has 140 valence electrons. The molecule has 5 nitrogen and oxygen atoms in total. The molecule has 2 heterocycles. The fourth-order valence-corrected chi connectivity index (χ4v) is 3.48. The van der Waals surface area contributed by atoms with Gasteiger partial charge in [0.15, 0.2) is 5.79 Å². The number of imidazole rings is 1. The lowest BCUT2D eigenvalue weighted by molar-refractivity contribution is -0.288. The molecule has 1 aliphatic heterocycles. The van der Waals surface area contributed by atoms with Crippen molar-refractivity contribution in [3.63, 3.8) is 0 Å². The van der Waals surface area contributed by atoms with E-state index in [1.54, 1.807) is 19.6 Å². The maximum Gasteiger partial charge on any atom is 0.197 e. The predicted octanol–water partition coefficient (Wildman–Crippen LogP) is 4.07. The lowest BCUT2D eigenvalue weighted by Crippen LogP contribution is -2.42. The molecule has 0 saturated carbocycles. The van der Waals surface area contributed by atoms with Gasteiger partial charge in [-0.05, 0) is 24.1 Å². The molecule has 27 heavy (non-hydrogen) atoms. The topological polar surface area (TPSA) is 45.5 Å². The van der Waals surface area contributed by atoms with Crippen LogP contribution in [0, 0.1) is 0 Å². The molecule has 3 aromatic rings. The van der Waals surface area contributed by atoms with Crippen molar-refractivity contribution in [3.8, 4) is 5.69 Å². The zero-order valence-electron chi connectivity index (χ0n) is 15.5. The number of nitrogens with zero attached hydrogens (tertiary/aromatic N) is 2. The Balaban J connectivity index is 1.61. The third-order valence-corrected chi connectivity index (χ3v) is 5.03. The summed E-state index contributed by atoms with van der Waals surface area (Å²) in [5, 5.41) is 0. The summed E-state index contributed by atoms with van der Waals surface area (Å²) in [4.78, 5) is 4.11. The van der Waals surface area contributed by atoms with E-state index in [2.05, 4.69) is 41.4 Å². The van der Waals surface area contributed by atoms with Crippen LogP contribution >= 0.6 is 0 Å². The number of hydrogen-bond acceptors (Lipinski definition) is 4. The first-order chi connectivity index (χ1) is 13.3.